The Morgan fingerprint density at radius 1 is 1.14 bits per heavy atom. The van der Waals surface area contributed by atoms with E-state index in [2.05, 4.69) is 14.9 Å². The van der Waals surface area contributed by atoms with Gasteiger partial charge < -0.3 is 9.64 Å². The molecule has 3 heterocycles. The molecule has 0 N–H and O–H groups in total. The summed E-state index contributed by atoms with van der Waals surface area (Å²) in [5.74, 6) is -0.103. The lowest BCUT2D eigenvalue weighted by atomic mass is 9.91. The van der Waals surface area contributed by atoms with Gasteiger partial charge in [-0.1, -0.05) is 12.1 Å². The summed E-state index contributed by atoms with van der Waals surface area (Å²) in [7, 11) is 0. The molecule has 0 bridgehead atoms. The minimum atomic E-state index is -0.305. The number of nitrogens with zero attached hydrogens (tertiary/aromatic N) is 4. The Morgan fingerprint density at radius 3 is 2.75 bits per heavy atom. The molecule has 7 heteroatoms. The van der Waals surface area contributed by atoms with E-state index in [1.165, 1.54) is 6.07 Å². The van der Waals surface area contributed by atoms with Gasteiger partial charge in [-0.3, -0.25) is 19.7 Å². The highest BCUT2D eigenvalue weighted by molar-refractivity contribution is 5.78. The highest BCUT2D eigenvalue weighted by Crippen LogP contribution is 2.32. The average molecular weight is 384 g/mol. The van der Waals surface area contributed by atoms with Crippen LogP contribution < -0.4 is 0 Å². The third kappa shape index (κ3) is 4.20. The largest absolute Gasteiger partial charge is 0.379 e. The van der Waals surface area contributed by atoms with Crippen molar-refractivity contribution in [2.45, 2.75) is 18.8 Å². The zero-order chi connectivity index (χ0) is 19.3. The smallest absolute Gasteiger partial charge is 0.236 e. The molecule has 6 nitrogen and oxygen atoms in total. The van der Waals surface area contributed by atoms with Crippen LogP contribution in [0.25, 0.3) is 11.3 Å². The number of piperidine rings is 1. The number of benzene rings is 1. The Kier molecular flexibility index (Phi) is 5.92. The summed E-state index contributed by atoms with van der Waals surface area (Å²) in [5.41, 5.74) is 1.81. The summed E-state index contributed by atoms with van der Waals surface area (Å²) < 4.78 is 19.7. The van der Waals surface area contributed by atoms with Gasteiger partial charge in [-0.2, -0.15) is 0 Å². The van der Waals surface area contributed by atoms with Gasteiger partial charge in [0.05, 0.1) is 31.1 Å². The molecule has 0 saturated carbocycles. The van der Waals surface area contributed by atoms with Gasteiger partial charge >= 0.3 is 0 Å². The molecule has 28 heavy (non-hydrogen) atoms. The fourth-order valence-corrected chi connectivity index (χ4v) is 3.99. The molecule has 1 atom stereocenters. The van der Waals surface area contributed by atoms with Crippen LogP contribution in [0, 0.1) is 5.82 Å². The van der Waals surface area contributed by atoms with Crippen molar-refractivity contribution in [3.8, 4) is 11.3 Å². The summed E-state index contributed by atoms with van der Waals surface area (Å²) >= 11 is 0. The Bertz CT molecular complexity index is 826. The van der Waals surface area contributed by atoms with E-state index in [9.17, 15) is 9.18 Å². The molecule has 2 aliphatic heterocycles. The lowest BCUT2D eigenvalue weighted by Crippen LogP contribution is -2.47. The van der Waals surface area contributed by atoms with Crippen LogP contribution in [0.1, 0.15) is 24.5 Å². The first-order valence-electron chi connectivity index (χ1n) is 9.86. The number of halogens is 1. The lowest BCUT2D eigenvalue weighted by molar-refractivity contribution is -0.134. The van der Waals surface area contributed by atoms with E-state index < -0.39 is 0 Å². The minimum absolute atomic E-state index is 0.0608. The van der Waals surface area contributed by atoms with Crippen molar-refractivity contribution in [1.29, 1.82) is 0 Å². The molecule has 2 fully saturated rings. The quantitative estimate of drug-likeness (QED) is 0.810. The molecule has 4 rings (SSSR count). The molecule has 1 aromatic carbocycles. The van der Waals surface area contributed by atoms with Crippen LogP contribution in [0.2, 0.25) is 0 Å². The Morgan fingerprint density at radius 2 is 1.93 bits per heavy atom. The third-order valence-corrected chi connectivity index (χ3v) is 5.48. The van der Waals surface area contributed by atoms with Crippen LogP contribution in [-0.2, 0) is 9.53 Å². The SMILES string of the molecule is O=C(CN1CCOCC1)N1CCC[C@@H](c2nccnc2-c2ccccc2F)C1. The number of morpholine rings is 1. The monoisotopic (exact) mass is 384 g/mol. The van der Waals surface area contributed by atoms with Crippen molar-refractivity contribution in [2.75, 3.05) is 45.9 Å². The number of hydrogen-bond acceptors (Lipinski definition) is 5. The maximum absolute atomic E-state index is 14.3. The molecular formula is C21H25FN4O2. The zero-order valence-electron chi connectivity index (χ0n) is 15.9. The maximum Gasteiger partial charge on any atom is 0.236 e. The predicted octanol–water partition coefficient (Wildman–Crippen LogP) is 2.32. The normalized spacial score (nSPS) is 20.9. The van der Waals surface area contributed by atoms with Gasteiger partial charge in [0.25, 0.3) is 0 Å². The van der Waals surface area contributed by atoms with Crippen LogP contribution >= 0.6 is 0 Å². The summed E-state index contributed by atoms with van der Waals surface area (Å²) in [6.45, 7) is 4.74. The van der Waals surface area contributed by atoms with Crippen LogP contribution in [0.15, 0.2) is 36.7 Å². The number of rotatable bonds is 4. The zero-order valence-corrected chi connectivity index (χ0v) is 15.9. The molecule has 0 spiro atoms. The fraction of sp³-hybridized carbons (Fsp3) is 0.476. The van der Waals surface area contributed by atoms with E-state index in [0.717, 1.165) is 38.2 Å². The Balaban J connectivity index is 1.51. The third-order valence-electron chi connectivity index (χ3n) is 5.48. The molecule has 0 unspecified atom stereocenters. The number of carbonyl (C=O) groups excluding carboxylic acids is 1. The van der Waals surface area contributed by atoms with Gasteiger partial charge in [-0.15, -0.1) is 0 Å². The molecular weight excluding hydrogens is 359 g/mol. The van der Waals surface area contributed by atoms with Gasteiger partial charge in [0.15, 0.2) is 0 Å². The van der Waals surface area contributed by atoms with E-state index in [1.54, 1.807) is 30.6 Å². The molecule has 2 aliphatic rings. The van der Waals surface area contributed by atoms with E-state index in [1.807, 2.05) is 4.90 Å². The second-order valence-corrected chi connectivity index (χ2v) is 7.34. The standard InChI is InChI=1S/C21H25FN4O2/c22-18-6-2-1-5-17(18)21-20(23-7-8-24-21)16-4-3-9-26(14-16)19(27)15-25-10-12-28-13-11-25/h1-2,5-8,16H,3-4,9-15H2/t16-/m1/s1. The number of carbonyl (C=O) groups is 1. The minimum Gasteiger partial charge on any atom is -0.379 e. The van der Waals surface area contributed by atoms with Crippen molar-refractivity contribution in [3.63, 3.8) is 0 Å². The van der Waals surface area contributed by atoms with Gasteiger partial charge in [0.1, 0.15) is 5.82 Å². The molecule has 2 saturated heterocycles. The van der Waals surface area contributed by atoms with Crippen LogP contribution in [0.4, 0.5) is 4.39 Å². The van der Waals surface area contributed by atoms with Crippen molar-refractivity contribution in [1.82, 2.24) is 19.8 Å². The van der Waals surface area contributed by atoms with Crippen LogP contribution in [0.5, 0.6) is 0 Å². The number of ether oxygens (including phenoxy) is 1. The van der Waals surface area contributed by atoms with Crippen molar-refractivity contribution in [2.24, 2.45) is 0 Å². The summed E-state index contributed by atoms with van der Waals surface area (Å²) in [4.78, 5) is 25.8. The highest BCUT2D eigenvalue weighted by atomic mass is 19.1. The first-order valence-corrected chi connectivity index (χ1v) is 9.86. The Hall–Kier alpha value is -2.38. The molecule has 0 radical (unpaired) electrons. The molecule has 2 aromatic rings. The fourth-order valence-electron chi connectivity index (χ4n) is 3.99. The van der Waals surface area contributed by atoms with E-state index >= 15 is 0 Å². The van der Waals surface area contributed by atoms with E-state index in [4.69, 9.17) is 4.74 Å². The van der Waals surface area contributed by atoms with Crippen LogP contribution in [0.3, 0.4) is 0 Å². The second-order valence-electron chi connectivity index (χ2n) is 7.34. The Labute approximate surface area is 164 Å². The summed E-state index contributed by atoms with van der Waals surface area (Å²) in [6, 6.07) is 6.64. The molecule has 1 aromatic heterocycles. The van der Waals surface area contributed by atoms with Gasteiger partial charge in [0, 0.05) is 50.1 Å². The maximum atomic E-state index is 14.3. The van der Waals surface area contributed by atoms with Gasteiger partial charge in [-0.25, -0.2) is 4.39 Å². The molecule has 148 valence electrons. The number of likely N-dealkylation sites (tertiary alicyclic amines) is 1. The lowest BCUT2D eigenvalue weighted by Gasteiger charge is -2.35. The average Bonchev–Trinajstić information content (AvgIpc) is 2.75. The molecule has 0 aliphatic carbocycles. The number of aromatic nitrogens is 2. The van der Waals surface area contributed by atoms with Gasteiger partial charge in [0.2, 0.25) is 5.91 Å². The van der Waals surface area contributed by atoms with Crippen molar-refractivity contribution in [3.05, 3.63) is 48.2 Å². The van der Waals surface area contributed by atoms with Crippen molar-refractivity contribution < 1.29 is 13.9 Å². The predicted molar refractivity (Wildman–Crippen MR) is 103 cm³/mol. The number of amides is 1. The first kappa shape index (κ1) is 19.0. The van der Waals surface area contributed by atoms with Gasteiger partial charge in [-0.05, 0) is 25.0 Å². The van der Waals surface area contributed by atoms with E-state index in [0.29, 0.717) is 37.6 Å². The summed E-state index contributed by atoms with van der Waals surface area (Å²) in [6.07, 6.45) is 5.07. The first-order chi connectivity index (χ1) is 13.7. The highest BCUT2D eigenvalue weighted by Gasteiger charge is 2.29. The van der Waals surface area contributed by atoms with Crippen LogP contribution in [-0.4, -0.2) is 71.6 Å². The second kappa shape index (κ2) is 8.75. The number of hydrogen-bond donors (Lipinski definition) is 0. The topological polar surface area (TPSA) is 58.6 Å². The van der Waals surface area contributed by atoms with E-state index in [-0.39, 0.29) is 17.6 Å². The van der Waals surface area contributed by atoms with Crippen molar-refractivity contribution >= 4 is 5.91 Å². The molecule has 1 amide bonds. The summed E-state index contributed by atoms with van der Waals surface area (Å²) in [5, 5.41) is 0.